The van der Waals surface area contributed by atoms with Gasteiger partial charge >= 0.3 is 0 Å². The van der Waals surface area contributed by atoms with E-state index in [1.807, 2.05) is 12.1 Å². The average molecular weight is 244 g/mol. The third kappa shape index (κ3) is 1.88. The molecule has 2 aliphatic rings. The number of hydrogen-bond donors (Lipinski definition) is 2. The van der Waals surface area contributed by atoms with Crippen LogP contribution < -0.4 is 10.6 Å². The first-order chi connectivity index (χ1) is 8.70. The molecule has 3 heteroatoms. The largest absolute Gasteiger partial charge is 0.382 e. The predicted octanol–water partition coefficient (Wildman–Crippen LogP) is 3.31. The van der Waals surface area contributed by atoms with Gasteiger partial charge in [0, 0.05) is 6.54 Å². The van der Waals surface area contributed by atoms with Crippen molar-refractivity contribution in [1.29, 1.82) is 0 Å². The molecule has 0 atom stereocenters. The topological polar surface area (TPSA) is 41.1 Å². The van der Waals surface area contributed by atoms with Gasteiger partial charge < -0.3 is 10.6 Å². The van der Waals surface area contributed by atoms with Crippen LogP contribution in [0.5, 0.6) is 0 Å². The van der Waals surface area contributed by atoms with E-state index in [0.717, 1.165) is 30.8 Å². The molecule has 0 aromatic heterocycles. The van der Waals surface area contributed by atoms with Gasteiger partial charge in [0.1, 0.15) is 0 Å². The Morgan fingerprint density at radius 3 is 2.67 bits per heavy atom. The minimum atomic E-state index is -0.189. The smallest absolute Gasteiger partial charge is 0.232 e. The van der Waals surface area contributed by atoms with Crippen molar-refractivity contribution < 1.29 is 4.79 Å². The van der Waals surface area contributed by atoms with Crippen LogP contribution in [0.3, 0.4) is 0 Å². The summed E-state index contributed by atoms with van der Waals surface area (Å²) in [6.07, 6.45) is 5.63. The zero-order chi connectivity index (χ0) is 12.6. The number of aryl methyl sites for hydroxylation is 1. The SMILES string of the molecule is Cc1ccc2c(c1)NCC1(CCCCC1)C(=O)N2. The van der Waals surface area contributed by atoms with Crippen LogP contribution >= 0.6 is 0 Å². The van der Waals surface area contributed by atoms with Crippen LogP contribution in [0.4, 0.5) is 11.4 Å². The maximum absolute atomic E-state index is 12.5. The molecule has 1 fully saturated rings. The Morgan fingerprint density at radius 1 is 1.11 bits per heavy atom. The molecule has 2 N–H and O–H groups in total. The molecule has 1 saturated carbocycles. The number of hydrogen-bond acceptors (Lipinski definition) is 2. The molecule has 1 aromatic rings. The molecule has 3 nitrogen and oxygen atoms in total. The van der Waals surface area contributed by atoms with Crippen LogP contribution in [0.1, 0.15) is 37.7 Å². The lowest BCUT2D eigenvalue weighted by Gasteiger charge is -2.34. The number of benzene rings is 1. The maximum atomic E-state index is 12.5. The molecule has 1 spiro atoms. The fraction of sp³-hybridized carbons (Fsp3) is 0.533. The molecular weight excluding hydrogens is 224 g/mol. The molecule has 0 unspecified atom stereocenters. The number of carbonyl (C=O) groups excluding carboxylic acids is 1. The van der Waals surface area contributed by atoms with Crippen molar-refractivity contribution in [1.82, 2.24) is 0 Å². The number of rotatable bonds is 0. The van der Waals surface area contributed by atoms with Crippen molar-refractivity contribution >= 4 is 17.3 Å². The van der Waals surface area contributed by atoms with Gasteiger partial charge in [0.2, 0.25) is 5.91 Å². The van der Waals surface area contributed by atoms with Crippen molar-refractivity contribution in [2.75, 3.05) is 17.2 Å². The number of anilines is 2. The number of nitrogens with one attached hydrogen (secondary N) is 2. The van der Waals surface area contributed by atoms with Gasteiger partial charge in [0.15, 0.2) is 0 Å². The highest BCUT2D eigenvalue weighted by Gasteiger charge is 2.41. The van der Waals surface area contributed by atoms with Crippen LogP contribution in [0.25, 0.3) is 0 Å². The molecule has 1 aromatic carbocycles. The molecule has 1 aliphatic heterocycles. The molecule has 3 rings (SSSR count). The highest BCUT2D eigenvalue weighted by Crippen LogP contribution is 2.40. The van der Waals surface area contributed by atoms with E-state index in [1.54, 1.807) is 0 Å². The summed E-state index contributed by atoms with van der Waals surface area (Å²) in [4.78, 5) is 12.5. The van der Waals surface area contributed by atoms with Gasteiger partial charge in [-0.3, -0.25) is 4.79 Å². The van der Waals surface area contributed by atoms with Gasteiger partial charge in [-0.05, 0) is 37.5 Å². The minimum absolute atomic E-state index is 0.189. The van der Waals surface area contributed by atoms with E-state index in [9.17, 15) is 4.79 Å². The Hall–Kier alpha value is -1.51. The van der Waals surface area contributed by atoms with Crippen LogP contribution in [-0.4, -0.2) is 12.5 Å². The summed E-state index contributed by atoms with van der Waals surface area (Å²) in [5.74, 6) is 0.206. The van der Waals surface area contributed by atoms with Crippen molar-refractivity contribution in [3.05, 3.63) is 23.8 Å². The van der Waals surface area contributed by atoms with E-state index < -0.39 is 0 Å². The van der Waals surface area contributed by atoms with Gasteiger partial charge in [0.05, 0.1) is 16.8 Å². The third-order valence-corrected chi connectivity index (χ3v) is 4.33. The van der Waals surface area contributed by atoms with E-state index in [2.05, 4.69) is 23.6 Å². The summed E-state index contributed by atoms with van der Waals surface area (Å²) in [5, 5.41) is 6.58. The summed E-state index contributed by atoms with van der Waals surface area (Å²) >= 11 is 0. The molecule has 1 aliphatic carbocycles. The number of carbonyl (C=O) groups is 1. The minimum Gasteiger partial charge on any atom is -0.382 e. The molecule has 0 bridgehead atoms. The first-order valence-electron chi connectivity index (χ1n) is 6.86. The Kier molecular flexibility index (Phi) is 2.77. The van der Waals surface area contributed by atoms with Crippen LogP contribution in [0.15, 0.2) is 18.2 Å². The van der Waals surface area contributed by atoms with E-state index in [1.165, 1.54) is 24.8 Å². The monoisotopic (exact) mass is 244 g/mol. The Morgan fingerprint density at radius 2 is 1.89 bits per heavy atom. The van der Waals surface area contributed by atoms with Gasteiger partial charge in [-0.25, -0.2) is 0 Å². The summed E-state index contributed by atoms with van der Waals surface area (Å²) in [6.45, 7) is 2.85. The second kappa shape index (κ2) is 4.30. The zero-order valence-corrected chi connectivity index (χ0v) is 10.9. The molecule has 1 amide bonds. The molecular formula is C15H20N2O. The van der Waals surface area contributed by atoms with Gasteiger partial charge in [-0.2, -0.15) is 0 Å². The van der Waals surface area contributed by atoms with E-state index in [4.69, 9.17) is 0 Å². The Bertz CT molecular complexity index is 475. The van der Waals surface area contributed by atoms with E-state index in [0.29, 0.717) is 0 Å². The lowest BCUT2D eigenvalue weighted by atomic mass is 9.73. The molecule has 1 heterocycles. The van der Waals surface area contributed by atoms with Crippen molar-refractivity contribution in [3.8, 4) is 0 Å². The van der Waals surface area contributed by atoms with Crippen LogP contribution in [0, 0.1) is 12.3 Å². The Labute approximate surface area is 108 Å². The standard InChI is InChI=1S/C15H20N2O/c1-11-5-6-12-13(9-11)16-10-15(14(18)17-12)7-3-2-4-8-15/h5-6,9,16H,2-4,7-8,10H2,1H3,(H,17,18). The fourth-order valence-corrected chi connectivity index (χ4v) is 3.15. The first kappa shape index (κ1) is 11.6. The van der Waals surface area contributed by atoms with Crippen molar-refractivity contribution in [2.45, 2.75) is 39.0 Å². The number of fused-ring (bicyclic) bond motifs is 1. The quantitative estimate of drug-likeness (QED) is 0.735. The third-order valence-electron chi connectivity index (χ3n) is 4.33. The van der Waals surface area contributed by atoms with E-state index >= 15 is 0 Å². The van der Waals surface area contributed by atoms with Gasteiger partial charge in [-0.15, -0.1) is 0 Å². The van der Waals surface area contributed by atoms with Crippen molar-refractivity contribution in [2.24, 2.45) is 5.41 Å². The lowest BCUT2D eigenvalue weighted by molar-refractivity contribution is -0.126. The van der Waals surface area contributed by atoms with Gasteiger partial charge in [0.25, 0.3) is 0 Å². The average Bonchev–Trinajstić information content (AvgIpc) is 2.51. The van der Waals surface area contributed by atoms with Crippen LogP contribution in [0.2, 0.25) is 0 Å². The highest BCUT2D eigenvalue weighted by molar-refractivity contribution is 6.00. The summed E-state index contributed by atoms with van der Waals surface area (Å²) in [7, 11) is 0. The molecule has 0 saturated heterocycles. The molecule has 96 valence electrons. The normalized spacial score (nSPS) is 21.7. The summed E-state index contributed by atoms with van der Waals surface area (Å²) in [5.41, 5.74) is 3.01. The zero-order valence-electron chi connectivity index (χ0n) is 10.9. The van der Waals surface area contributed by atoms with Crippen molar-refractivity contribution in [3.63, 3.8) is 0 Å². The summed E-state index contributed by atoms with van der Waals surface area (Å²) < 4.78 is 0. The second-order valence-corrected chi connectivity index (χ2v) is 5.70. The Balaban J connectivity index is 1.92. The van der Waals surface area contributed by atoms with Gasteiger partial charge in [-0.1, -0.05) is 25.3 Å². The first-order valence-corrected chi connectivity index (χ1v) is 6.86. The lowest BCUT2D eigenvalue weighted by Crippen LogP contribution is -2.41. The second-order valence-electron chi connectivity index (χ2n) is 5.70. The predicted molar refractivity (Wildman–Crippen MR) is 73.8 cm³/mol. The molecule has 18 heavy (non-hydrogen) atoms. The summed E-state index contributed by atoms with van der Waals surface area (Å²) in [6, 6.07) is 6.15. The fourth-order valence-electron chi connectivity index (χ4n) is 3.15. The molecule has 0 radical (unpaired) electrons. The maximum Gasteiger partial charge on any atom is 0.232 e. The van der Waals surface area contributed by atoms with Crippen LogP contribution in [-0.2, 0) is 4.79 Å². The highest BCUT2D eigenvalue weighted by atomic mass is 16.2. The van der Waals surface area contributed by atoms with E-state index in [-0.39, 0.29) is 11.3 Å². The number of amides is 1.